The van der Waals surface area contributed by atoms with E-state index in [4.69, 9.17) is 0 Å². The zero-order valence-electron chi connectivity index (χ0n) is 15.7. The fourth-order valence-electron chi connectivity index (χ4n) is 5.24. The second-order valence-corrected chi connectivity index (χ2v) is 8.50. The van der Waals surface area contributed by atoms with Gasteiger partial charge in [0.15, 0.2) is 0 Å². The predicted octanol–water partition coefficient (Wildman–Crippen LogP) is 6.46. The van der Waals surface area contributed by atoms with Crippen molar-refractivity contribution >= 4 is 5.97 Å². The van der Waals surface area contributed by atoms with Crippen molar-refractivity contribution in [1.82, 2.24) is 0 Å². The summed E-state index contributed by atoms with van der Waals surface area (Å²) in [5.41, 5.74) is 0. The Morgan fingerprint density at radius 2 is 1.42 bits per heavy atom. The summed E-state index contributed by atoms with van der Waals surface area (Å²) in [5.74, 6) is 2.40. The van der Waals surface area contributed by atoms with Crippen LogP contribution in [-0.4, -0.2) is 11.1 Å². The number of allylic oxidation sites excluding steroid dienone is 1. The van der Waals surface area contributed by atoms with Crippen LogP contribution in [0.15, 0.2) is 12.7 Å². The lowest BCUT2D eigenvalue weighted by molar-refractivity contribution is -0.144. The molecule has 1 atom stereocenters. The van der Waals surface area contributed by atoms with Crippen LogP contribution in [0.3, 0.4) is 0 Å². The molecule has 2 heteroatoms. The molecule has 0 aromatic rings. The van der Waals surface area contributed by atoms with Crippen LogP contribution in [0.2, 0.25) is 0 Å². The highest BCUT2D eigenvalue weighted by molar-refractivity contribution is 5.70. The van der Waals surface area contributed by atoms with Gasteiger partial charge in [-0.15, -0.1) is 6.58 Å². The summed E-state index contributed by atoms with van der Waals surface area (Å²) in [4.78, 5) is 11.4. The number of carbonyl (C=O) groups is 1. The van der Waals surface area contributed by atoms with E-state index in [2.05, 4.69) is 13.5 Å². The fourth-order valence-corrected chi connectivity index (χ4v) is 5.24. The molecule has 138 valence electrons. The van der Waals surface area contributed by atoms with Gasteiger partial charge in [-0.25, -0.2) is 0 Å². The van der Waals surface area contributed by atoms with E-state index in [1.54, 1.807) is 6.08 Å². The number of hydrogen-bond acceptors (Lipinski definition) is 1. The second kappa shape index (κ2) is 10.3. The molecule has 0 aliphatic heterocycles. The highest BCUT2D eigenvalue weighted by Gasteiger charge is 2.31. The molecule has 2 rings (SSSR count). The molecule has 0 spiro atoms. The molecule has 24 heavy (non-hydrogen) atoms. The summed E-state index contributed by atoms with van der Waals surface area (Å²) in [6.07, 6.45) is 18.6. The zero-order chi connectivity index (χ0) is 17.4. The van der Waals surface area contributed by atoms with E-state index >= 15 is 0 Å². The van der Waals surface area contributed by atoms with E-state index in [-0.39, 0.29) is 5.92 Å². The van der Waals surface area contributed by atoms with Crippen LogP contribution in [-0.2, 0) is 4.79 Å². The van der Waals surface area contributed by atoms with Crippen LogP contribution >= 0.6 is 0 Å². The molecule has 0 radical (unpaired) electrons. The van der Waals surface area contributed by atoms with Gasteiger partial charge in [0.2, 0.25) is 0 Å². The molecule has 2 aliphatic carbocycles. The van der Waals surface area contributed by atoms with Gasteiger partial charge in [-0.1, -0.05) is 77.2 Å². The van der Waals surface area contributed by atoms with Crippen LogP contribution in [0.1, 0.15) is 90.4 Å². The van der Waals surface area contributed by atoms with Crippen LogP contribution in [0, 0.1) is 29.6 Å². The molecule has 0 aromatic heterocycles. The van der Waals surface area contributed by atoms with Crippen LogP contribution in [0.5, 0.6) is 0 Å². The average Bonchev–Trinajstić information content (AvgIpc) is 2.60. The number of hydrogen-bond donors (Lipinski definition) is 1. The Bertz CT molecular complexity index is 373. The standard InChI is InChI=1S/C22H38O2/c1-3-5-17-7-9-18(10-8-17)11-12-19-13-15-20(16-14-19)21(6-4-2)22(23)24/h4,17-21H,2-3,5-16H2,1H3,(H,23,24)/t17-,18-,19-,20-,21?. The Morgan fingerprint density at radius 3 is 1.83 bits per heavy atom. The average molecular weight is 335 g/mol. The van der Waals surface area contributed by atoms with Crippen molar-refractivity contribution in [3.63, 3.8) is 0 Å². The number of carboxylic acids is 1. The fraction of sp³-hybridized carbons (Fsp3) is 0.864. The van der Waals surface area contributed by atoms with Crippen molar-refractivity contribution in [3.8, 4) is 0 Å². The van der Waals surface area contributed by atoms with Gasteiger partial charge in [-0.05, 0) is 42.9 Å². The Morgan fingerprint density at radius 1 is 0.958 bits per heavy atom. The lowest BCUT2D eigenvalue weighted by atomic mass is 9.72. The summed E-state index contributed by atoms with van der Waals surface area (Å²) >= 11 is 0. The van der Waals surface area contributed by atoms with E-state index in [1.165, 1.54) is 64.2 Å². The van der Waals surface area contributed by atoms with E-state index in [0.717, 1.165) is 30.6 Å². The van der Waals surface area contributed by atoms with E-state index in [0.29, 0.717) is 12.3 Å². The van der Waals surface area contributed by atoms with Gasteiger partial charge >= 0.3 is 5.97 Å². The van der Waals surface area contributed by atoms with Crippen molar-refractivity contribution in [2.45, 2.75) is 90.4 Å². The molecular formula is C22H38O2. The molecule has 1 N–H and O–H groups in total. The van der Waals surface area contributed by atoms with Gasteiger partial charge in [0.05, 0.1) is 5.92 Å². The minimum Gasteiger partial charge on any atom is -0.481 e. The highest BCUT2D eigenvalue weighted by Crippen LogP contribution is 2.39. The number of carboxylic acid groups (broad SMARTS) is 1. The molecule has 0 saturated heterocycles. The first-order chi connectivity index (χ1) is 11.6. The van der Waals surface area contributed by atoms with Crippen molar-refractivity contribution < 1.29 is 9.90 Å². The van der Waals surface area contributed by atoms with Crippen LogP contribution in [0.4, 0.5) is 0 Å². The highest BCUT2D eigenvalue weighted by atomic mass is 16.4. The normalized spacial score (nSPS) is 32.2. The smallest absolute Gasteiger partial charge is 0.307 e. The van der Waals surface area contributed by atoms with Crippen molar-refractivity contribution in [1.29, 1.82) is 0 Å². The first-order valence-electron chi connectivity index (χ1n) is 10.5. The maximum Gasteiger partial charge on any atom is 0.307 e. The SMILES string of the molecule is C=CCC(C(=O)O)[C@H]1CC[C@H](CC[C@H]2CC[C@H](CCC)CC2)CC1. The topological polar surface area (TPSA) is 37.3 Å². The molecular weight excluding hydrogens is 296 g/mol. The van der Waals surface area contributed by atoms with Gasteiger partial charge in [-0.3, -0.25) is 4.79 Å². The largest absolute Gasteiger partial charge is 0.481 e. The third-order valence-corrected chi connectivity index (χ3v) is 6.84. The quantitative estimate of drug-likeness (QED) is 0.491. The first kappa shape index (κ1) is 19.5. The van der Waals surface area contributed by atoms with Gasteiger partial charge < -0.3 is 5.11 Å². The molecule has 0 heterocycles. The van der Waals surface area contributed by atoms with E-state index in [1.807, 2.05) is 0 Å². The molecule has 0 bridgehead atoms. The summed E-state index contributed by atoms with van der Waals surface area (Å²) in [5, 5.41) is 9.41. The Hall–Kier alpha value is -0.790. The molecule has 1 unspecified atom stereocenters. The minimum absolute atomic E-state index is 0.197. The van der Waals surface area contributed by atoms with Crippen LogP contribution in [0.25, 0.3) is 0 Å². The molecule has 2 nitrogen and oxygen atoms in total. The Balaban J connectivity index is 1.65. The third kappa shape index (κ3) is 5.93. The molecule has 2 saturated carbocycles. The Labute approximate surface area is 149 Å². The molecule has 0 amide bonds. The van der Waals surface area contributed by atoms with Gasteiger partial charge in [-0.2, -0.15) is 0 Å². The number of rotatable bonds is 9. The van der Waals surface area contributed by atoms with Crippen LogP contribution < -0.4 is 0 Å². The molecule has 2 aliphatic rings. The molecule has 2 fully saturated rings. The van der Waals surface area contributed by atoms with E-state index in [9.17, 15) is 9.90 Å². The lowest BCUT2D eigenvalue weighted by Crippen LogP contribution is -2.27. The van der Waals surface area contributed by atoms with Gasteiger partial charge in [0, 0.05) is 0 Å². The van der Waals surface area contributed by atoms with E-state index < -0.39 is 5.97 Å². The molecule has 0 aromatic carbocycles. The summed E-state index contributed by atoms with van der Waals surface area (Å²) in [6.45, 7) is 6.04. The van der Waals surface area contributed by atoms with Crippen molar-refractivity contribution in [2.75, 3.05) is 0 Å². The summed E-state index contributed by atoms with van der Waals surface area (Å²) in [7, 11) is 0. The van der Waals surface area contributed by atoms with Crippen molar-refractivity contribution in [3.05, 3.63) is 12.7 Å². The number of aliphatic carboxylic acids is 1. The van der Waals surface area contributed by atoms with Gasteiger partial charge in [0.1, 0.15) is 0 Å². The second-order valence-electron chi connectivity index (χ2n) is 8.50. The maximum absolute atomic E-state index is 11.4. The summed E-state index contributed by atoms with van der Waals surface area (Å²) < 4.78 is 0. The lowest BCUT2D eigenvalue weighted by Gasteiger charge is -2.33. The minimum atomic E-state index is -0.623. The maximum atomic E-state index is 11.4. The van der Waals surface area contributed by atoms with Crippen molar-refractivity contribution in [2.24, 2.45) is 29.6 Å². The summed E-state index contributed by atoms with van der Waals surface area (Å²) in [6, 6.07) is 0. The Kier molecular flexibility index (Phi) is 8.35. The first-order valence-corrected chi connectivity index (χ1v) is 10.5. The predicted molar refractivity (Wildman–Crippen MR) is 101 cm³/mol. The monoisotopic (exact) mass is 334 g/mol. The zero-order valence-corrected chi connectivity index (χ0v) is 15.7. The third-order valence-electron chi connectivity index (χ3n) is 6.84. The van der Waals surface area contributed by atoms with Gasteiger partial charge in [0.25, 0.3) is 0 Å².